The molecule has 0 spiro atoms. The Hall–Kier alpha value is -3.39. The molecule has 31 heavy (non-hydrogen) atoms. The fraction of sp³-hybridized carbons (Fsp3) is 0.348. The number of benzene rings is 1. The van der Waals surface area contributed by atoms with Gasteiger partial charge in [0.25, 0.3) is 0 Å². The Morgan fingerprint density at radius 2 is 1.90 bits per heavy atom. The Labute approximate surface area is 181 Å². The van der Waals surface area contributed by atoms with Crippen molar-refractivity contribution < 1.29 is 4.42 Å². The molecule has 1 fully saturated rings. The smallest absolute Gasteiger partial charge is 0.225 e. The monoisotopic (exact) mass is 417 g/mol. The molecular weight excluding hydrogens is 390 g/mol. The highest BCUT2D eigenvalue weighted by Gasteiger charge is 2.21. The van der Waals surface area contributed by atoms with Gasteiger partial charge in [0.2, 0.25) is 11.8 Å². The van der Waals surface area contributed by atoms with Crippen molar-refractivity contribution >= 4 is 17.4 Å². The summed E-state index contributed by atoms with van der Waals surface area (Å²) in [5.74, 6) is 2.31. The topological polar surface area (TPSA) is 97.5 Å². The second kappa shape index (κ2) is 8.77. The third-order valence-corrected chi connectivity index (χ3v) is 5.82. The van der Waals surface area contributed by atoms with Crippen LogP contribution in [0.1, 0.15) is 24.8 Å². The van der Waals surface area contributed by atoms with Crippen LogP contribution in [0.2, 0.25) is 0 Å². The lowest BCUT2D eigenvalue weighted by Crippen LogP contribution is -2.43. The number of nitrogens with two attached hydrogens (primary N) is 1. The normalized spacial score (nSPS) is 15.0. The lowest BCUT2D eigenvalue weighted by atomic mass is 10.0. The van der Waals surface area contributed by atoms with Crippen LogP contribution < -0.4 is 16.0 Å². The fourth-order valence-electron chi connectivity index (χ4n) is 4.13. The van der Waals surface area contributed by atoms with E-state index in [1.165, 1.54) is 5.56 Å². The van der Waals surface area contributed by atoms with E-state index in [9.17, 15) is 0 Å². The molecule has 5 rings (SSSR count). The molecule has 1 saturated heterocycles. The summed E-state index contributed by atoms with van der Waals surface area (Å²) < 4.78 is 6.95. The number of piperidine rings is 1. The molecule has 0 amide bonds. The van der Waals surface area contributed by atoms with E-state index in [2.05, 4.69) is 55.6 Å². The first-order valence-electron chi connectivity index (χ1n) is 10.9. The number of nitrogens with one attached hydrogen (secondary N) is 1. The molecule has 4 aromatic rings. The average Bonchev–Trinajstić information content (AvgIpc) is 3.48. The molecule has 0 radical (unpaired) electrons. The van der Waals surface area contributed by atoms with Crippen LogP contribution in [0.3, 0.4) is 0 Å². The fourth-order valence-corrected chi connectivity index (χ4v) is 4.13. The van der Waals surface area contributed by atoms with Crippen LogP contribution in [-0.4, -0.2) is 45.3 Å². The molecule has 4 heterocycles. The number of aryl methyl sites for hydroxylation is 1. The maximum Gasteiger partial charge on any atom is 0.225 e. The SMILES string of the molecule is Nc1nc(N2CCC(NCCCc3ccccc3)CC2)cc2nc(-c3ccco3)nn12. The predicted molar refractivity (Wildman–Crippen MR) is 121 cm³/mol. The molecule has 8 heteroatoms. The molecule has 1 aliphatic rings. The quantitative estimate of drug-likeness (QED) is 0.446. The van der Waals surface area contributed by atoms with Gasteiger partial charge in [0.05, 0.1) is 6.26 Å². The highest BCUT2D eigenvalue weighted by atomic mass is 16.3. The maximum atomic E-state index is 6.17. The summed E-state index contributed by atoms with van der Waals surface area (Å²) in [6.45, 7) is 2.93. The minimum absolute atomic E-state index is 0.332. The predicted octanol–water partition coefficient (Wildman–Crippen LogP) is 3.16. The van der Waals surface area contributed by atoms with Gasteiger partial charge in [0.15, 0.2) is 11.4 Å². The second-order valence-corrected chi connectivity index (χ2v) is 7.96. The first-order chi connectivity index (χ1) is 15.3. The van der Waals surface area contributed by atoms with E-state index in [1.807, 2.05) is 18.2 Å². The van der Waals surface area contributed by atoms with Gasteiger partial charge in [-0.3, -0.25) is 0 Å². The first kappa shape index (κ1) is 19.6. The van der Waals surface area contributed by atoms with E-state index in [1.54, 1.807) is 10.8 Å². The van der Waals surface area contributed by atoms with Crippen LogP contribution in [0.25, 0.3) is 17.2 Å². The Balaban J connectivity index is 1.16. The Morgan fingerprint density at radius 3 is 2.68 bits per heavy atom. The number of rotatable bonds is 7. The molecule has 160 valence electrons. The summed E-state index contributed by atoms with van der Waals surface area (Å²) in [4.78, 5) is 11.4. The van der Waals surface area contributed by atoms with Gasteiger partial charge >= 0.3 is 0 Å². The Bertz CT molecular complexity index is 1120. The van der Waals surface area contributed by atoms with Crippen molar-refractivity contribution in [2.75, 3.05) is 30.3 Å². The van der Waals surface area contributed by atoms with E-state index in [0.717, 1.165) is 51.1 Å². The van der Waals surface area contributed by atoms with Crippen molar-refractivity contribution in [3.05, 3.63) is 60.4 Å². The maximum absolute atomic E-state index is 6.17. The zero-order valence-corrected chi connectivity index (χ0v) is 17.4. The van der Waals surface area contributed by atoms with Crippen LogP contribution in [-0.2, 0) is 6.42 Å². The van der Waals surface area contributed by atoms with Gasteiger partial charge in [0.1, 0.15) is 5.82 Å². The molecule has 0 unspecified atom stereocenters. The van der Waals surface area contributed by atoms with E-state index in [-0.39, 0.29) is 0 Å². The largest absolute Gasteiger partial charge is 0.461 e. The van der Waals surface area contributed by atoms with Gasteiger partial charge in [-0.25, -0.2) is 4.98 Å². The van der Waals surface area contributed by atoms with Crippen LogP contribution in [0.5, 0.6) is 0 Å². The van der Waals surface area contributed by atoms with Crippen LogP contribution >= 0.6 is 0 Å². The summed E-state index contributed by atoms with van der Waals surface area (Å²) in [7, 11) is 0. The van der Waals surface area contributed by atoms with Crippen molar-refractivity contribution in [2.24, 2.45) is 0 Å². The number of hydrogen-bond donors (Lipinski definition) is 2. The van der Waals surface area contributed by atoms with Crippen molar-refractivity contribution in [1.82, 2.24) is 24.9 Å². The highest BCUT2D eigenvalue weighted by molar-refractivity contribution is 5.59. The van der Waals surface area contributed by atoms with Crippen molar-refractivity contribution in [1.29, 1.82) is 0 Å². The Morgan fingerprint density at radius 1 is 1.06 bits per heavy atom. The lowest BCUT2D eigenvalue weighted by molar-refractivity contribution is 0.411. The molecular formula is C23H27N7O. The summed E-state index contributed by atoms with van der Waals surface area (Å²) >= 11 is 0. The Kier molecular flexibility index (Phi) is 5.54. The van der Waals surface area contributed by atoms with E-state index >= 15 is 0 Å². The van der Waals surface area contributed by atoms with E-state index < -0.39 is 0 Å². The van der Waals surface area contributed by atoms with Crippen LogP contribution in [0.15, 0.2) is 59.2 Å². The zero-order valence-electron chi connectivity index (χ0n) is 17.4. The summed E-state index contributed by atoms with van der Waals surface area (Å²) in [6.07, 6.45) is 6.05. The number of furan rings is 1. The third kappa shape index (κ3) is 4.39. The number of nitrogens with zero attached hydrogens (tertiary/aromatic N) is 5. The van der Waals surface area contributed by atoms with E-state index in [4.69, 9.17) is 10.2 Å². The summed E-state index contributed by atoms with van der Waals surface area (Å²) in [5.41, 5.74) is 8.25. The molecule has 3 N–H and O–H groups in total. The minimum Gasteiger partial charge on any atom is -0.461 e. The number of fused-ring (bicyclic) bond motifs is 1. The minimum atomic E-state index is 0.332. The second-order valence-electron chi connectivity index (χ2n) is 7.96. The van der Waals surface area contributed by atoms with Gasteiger partial charge in [-0.05, 0) is 49.9 Å². The molecule has 0 atom stereocenters. The van der Waals surface area contributed by atoms with Gasteiger partial charge < -0.3 is 20.4 Å². The molecule has 0 aliphatic carbocycles. The molecule has 1 aromatic carbocycles. The highest BCUT2D eigenvalue weighted by Crippen LogP contribution is 2.23. The first-order valence-corrected chi connectivity index (χ1v) is 10.9. The molecule has 0 saturated carbocycles. The number of anilines is 2. The summed E-state index contributed by atoms with van der Waals surface area (Å²) in [6, 6.07) is 16.8. The molecule has 1 aliphatic heterocycles. The number of aromatic nitrogens is 4. The van der Waals surface area contributed by atoms with Crippen LogP contribution in [0.4, 0.5) is 11.8 Å². The lowest BCUT2D eigenvalue weighted by Gasteiger charge is -2.33. The standard InChI is InChI=1S/C23H27N7O/c24-23-27-20(16-21-26-22(28-30(21)23)19-9-5-15-31-19)29-13-10-18(11-14-29)25-12-4-8-17-6-2-1-3-7-17/h1-3,5-7,9,15-16,18,25H,4,8,10-14H2,(H2,24,27). The molecule has 0 bridgehead atoms. The van der Waals surface area contributed by atoms with Crippen molar-refractivity contribution in [3.8, 4) is 11.6 Å². The molecule has 3 aromatic heterocycles. The third-order valence-electron chi connectivity index (χ3n) is 5.82. The van der Waals surface area contributed by atoms with E-state index in [0.29, 0.717) is 29.2 Å². The van der Waals surface area contributed by atoms with Gasteiger partial charge in [-0.2, -0.15) is 9.50 Å². The number of nitrogen functional groups attached to an aromatic ring is 1. The number of hydrogen-bond acceptors (Lipinski definition) is 7. The zero-order chi connectivity index (χ0) is 21.0. The van der Waals surface area contributed by atoms with Gasteiger partial charge in [-0.1, -0.05) is 30.3 Å². The molecule has 8 nitrogen and oxygen atoms in total. The van der Waals surface area contributed by atoms with Gasteiger partial charge in [0, 0.05) is 25.2 Å². The average molecular weight is 418 g/mol. The van der Waals surface area contributed by atoms with Crippen LogP contribution in [0, 0.1) is 0 Å². The van der Waals surface area contributed by atoms with Crippen molar-refractivity contribution in [3.63, 3.8) is 0 Å². The summed E-state index contributed by atoms with van der Waals surface area (Å²) in [5, 5.41) is 8.13. The van der Waals surface area contributed by atoms with Crippen molar-refractivity contribution in [2.45, 2.75) is 31.7 Å². The van der Waals surface area contributed by atoms with Gasteiger partial charge in [-0.15, -0.1) is 5.10 Å².